The molecule has 2 N–H and O–H groups in total. The molecule has 1 rings (SSSR count). The maximum Gasteiger partial charge on any atom is 0.171 e. The molecule has 4 heteroatoms. The lowest BCUT2D eigenvalue weighted by Crippen LogP contribution is -2.51. The summed E-state index contributed by atoms with van der Waals surface area (Å²) < 4.78 is 0. The van der Waals surface area contributed by atoms with Crippen molar-refractivity contribution in [1.29, 1.82) is 0 Å². The van der Waals surface area contributed by atoms with Gasteiger partial charge >= 0.3 is 0 Å². The average molecular weight is 274 g/mol. The van der Waals surface area contributed by atoms with E-state index in [1.807, 2.05) is 27.7 Å². The molecular formula is C13H17Cl2NO. The Morgan fingerprint density at radius 2 is 1.71 bits per heavy atom. The molecule has 0 aliphatic carbocycles. The lowest BCUT2D eigenvalue weighted by molar-refractivity contribution is 0.0735. The molecular weight excluding hydrogens is 257 g/mol. The number of nitrogens with two attached hydrogens (primary N) is 1. The minimum absolute atomic E-state index is 0.0995. The lowest BCUT2D eigenvalue weighted by Gasteiger charge is -2.37. The Morgan fingerprint density at radius 1 is 1.18 bits per heavy atom. The first-order chi connectivity index (χ1) is 7.59. The van der Waals surface area contributed by atoms with Crippen LogP contribution < -0.4 is 5.73 Å². The maximum absolute atomic E-state index is 12.5. The van der Waals surface area contributed by atoms with Crippen LogP contribution in [0.25, 0.3) is 0 Å². The Kier molecular flexibility index (Phi) is 3.92. The van der Waals surface area contributed by atoms with Gasteiger partial charge in [-0.05, 0) is 26.0 Å². The zero-order valence-electron chi connectivity index (χ0n) is 10.5. The maximum atomic E-state index is 12.5. The molecule has 0 saturated heterocycles. The van der Waals surface area contributed by atoms with Gasteiger partial charge in [-0.25, -0.2) is 0 Å². The largest absolute Gasteiger partial charge is 0.325 e. The summed E-state index contributed by atoms with van der Waals surface area (Å²) in [6.07, 6.45) is 0. The van der Waals surface area contributed by atoms with E-state index in [0.717, 1.165) is 0 Å². The Balaban J connectivity index is 3.27. The SMILES string of the molecule is CC(C)(N)C(C)(C)C(=O)c1cccc(Cl)c1Cl. The van der Waals surface area contributed by atoms with Gasteiger partial charge < -0.3 is 5.73 Å². The van der Waals surface area contributed by atoms with Gasteiger partial charge in [0.1, 0.15) is 0 Å². The highest BCUT2D eigenvalue weighted by atomic mass is 35.5. The first kappa shape index (κ1) is 14.5. The number of Topliss-reactive ketones (excluding diaryl/α,β-unsaturated/α-hetero) is 1. The van der Waals surface area contributed by atoms with E-state index < -0.39 is 11.0 Å². The molecule has 0 heterocycles. The summed E-state index contributed by atoms with van der Waals surface area (Å²) in [5.41, 5.74) is 5.10. The summed E-state index contributed by atoms with van der Waals surface area (Å²) in [4.78, 5) is 12.5. The van der Waals surface area contributed by atoms with E-state index >= 15 is 0 Å². The van der Waals surface area contributed by atoms with Crippen LogP contribution in [0.3, 0.4) is 0 Å². The van der Waals surface area contributed by atoms with Crippen LogP contribution in [-0.4, -0.2) is 11.3 Å². The molecule has 0 radical (unpaired) electrons. The molecule has 0 amide bonds. The van der Waals surface area contributed by atoms with Crippen molar-refractivity contribution in [3.63, 3.8) is 0 Å². The molecule has 0 aromatic heterocycles. The third kappa shape index (κ3) is 2.65. The van der Waals surface area contributed by atoms with E-state index in [2.05, 4.69) is 0 Å². The normalized spacial score (nSPS) is 12.6. The standard InChI is InChI=1S/C13H17Cl2NO/c1-12(2,13(3,4)16)11(17)8-6-5-7-9(14)10(8)15/h5-7H,16H2,1-4H3. The first-order valence-electron chi connectivity index (χ1n) is 5.36. The van der Waals surface area contributed by atoms with E-state index in [9.17, 15) is 4.79 Å². The van der Waals surface area contributed by atoms with Crippen molar-refractivity contribution in [3.05, 3.63) is 33.8 Å². The summed E-state index contributed by atoms with van der Waals surface area (Å²) >= 11 is 12.0. The van der Waals surface area contributed by atoms with Crippen molar-refractivity contribution in [3.8, 4) is 0 Å². The fraction of sp³-hybridized carbons (Fsp3) is 0.462. The second-order valence-corrected chi connectivity index (χ2v) is 6.06. The van der Waals surface area contributed by atoms with E-state index in [-0.39, 0.29) is 10.8 Å². The molecule has 0 unspecified atom stereocenters. The summed E-state index contributed by atoms with van der Waals surface area (Å²) in [5.74, 6) is -0.0995. The zero-order valence-corrected chi connectivity index (χ0v) is 12.0. The molecule has 2 nitrogen and oxygen atoms in total. The van der Waals surface area contributed by atoms with Crippen LogP contribution in [-0.2, 0) is 0 Å². The Hall–Kier alpha value is -0.570. The molecule has 1 aromatic carbocycles. The van der Waals surface area contributed by atoms with Crippen molar-refractivity contribution >= 4 is 29.0 Å². The van der Waals surface area contributed by atoms with Crippen LogP contribution in [0, 0.1) is 5.41 Å². The predicted octanol–water partition coefficient (Wildman–Crippen LogP) is 3.94. The second kappa shape index (κ2) is 4.60. The van der Waals surface area contributed by atoms with E-state index in [0.29, 0.717) is 10.6 Å². The number of benzene rings is 1. The van der Waals surface area contributed by atoms with Crippen molar-refractivity contribution in [2.45, 2.75) is 33.2 Å². The number of halogens is 2. The van der Waals surface area contributed by atoms with Gasteiger partial charge in [-0.15, -0.1) is 0 Å². The number of hydrogen-bond acceptors (Lipinski definition) is 2. The smallest absolute Gasteiger partial charge is 0.171 e. The van der Waals surface area contributed by atoms with E-state index in [1.54, 1.807) is 18.2 Å². The minimum atomic E-state index is -0.721. The van der Waals surface area contributed by atoms with Crippen molar-refractivity contribution in [2.24, 2.45) is 11.1 Å². The highest BCUT2D eigenvalue weighted by Gasteiger charge is 2.41. The number of rotatable bonds is 3. The van der Waals surface area contributed by atoms with Crippen LogP contribution in [0.4, 0.5) is 0 Å². The minimum Gasteiger partial charge on any atom is -0.325 e. The molecule has 0 bridgehead atoms. The van der Waals surface area contributed by atoms with Crippen LogP contribution >= 0.6 is 23.2 Å². The molecule has 1 aromatic rings. The molecule has 0 atom stereocenters. The van der Waals surface area contributed by atoms with Crippen LogP contribution in [0.1, 0.15) is 38.1 Å². The van der Waals surface area contributed by atoms with Gasteiger partial charge in [0, 0.05) is 16.5 Å². The fourth-order valence-electron chi connectivity index (χ4n) is 1.31. The number of carbonyl (C=O) groups excluding carboxylic acids is 1. The van der Waals surface area contributed by atoms with Crippen LogP contribution in [0.5, 0.6) is 0 Å². The highest BCUT2D eigenvalue weighted by Crippen LogP contribution is 2.36. The predicted molar refractivity (Wildman–Crippen MR) is 72.8 cm³/mol. The number of ketones is 1. The lowest BCUT2D eigenvalue weighted by atomic mass is 9.70. The average Bonchev–Trinajstić information content (AvgIpc) is 2.19. The van der Waals surface area contributed by atoms with Crippen molar-refractivity contribution < 1.29 is 4.79 Å². The molecule has 0 spiro atoms. The van der Waals surface area contributed by atoms with Crippen LogP contribution in [0.15, 0.2) is 18.2 Å². The van der Waals surface area contributed by atoms with E-state index in [4.69, 9.17) is 28.9 Å². The molecule has 0 aliphatic heterocycles. The van der Waals surface area contributed by atoms with E-state index in [1.165, 1.54) is 0 Å². The van der Waals surface area contributed by atoms with Gasteiger partial charge in [-0.3, -0.25) is 4.79 Å². The topological polar surface area (TPSA) is 43.1 Å². The quantitative estimate of drug-likeness (QED) is 0.848. The molecule has 0 saturated carbocycles. The highest BCUT2D eigenvalue weighted by molar-refractivity contribution is 6.44. The monoisotopic (exact) mass is 273 g/mol. The second-order valence-electron chi connectivity index (χ2n) is 5.28. The van der Waals surface area contributed by atoms with Crippen molar-refractivity contribution in [2.75, 3.05) is 0 Å². The fourth-order valence-corrected chi connectivity index (χ4v) is 1.69. The third-order valence-electron chi connectivity index (χ3n) is 3.37. The third-order valence-corrected chi connectivity index (χ3v) is 4.19. The number of carbonyl (C=O) groups is 1. The molecule has 0 fully saturated rings. The first-order valence-corrected chi connectivity index (χ1v) is 6.12. The van der Waals surface area contributed by atoms with Gasteiger partial charge in [0.15, 0.2) is 5.78 Å². The Bertz CT molecular complexity index is 447. The summed E-state index contributed by atoms with van der Waals surface area (Å²) in [6, 6.07) is 5.03. The van der Waals surface area contributed by atoms with Crippen LogP contribution in [0.2, 0.25) is 10.0 Å². The molecule has 17 heavy (non-hydrogen) atoms. The summed E-state index contributed by atoms with van der Waals surface area (Å²) in [6.45, 7) is 7.27. The summed E-state index contributed by atoms with van der Waals surface area (Å²) in [7, 11) is 0. The van der Waals surface area contributed by atoms with Gasteiger partial charge in [-0.2, -0.15) is 0 Å². The van der Waals surface area contributed by atoms with Gasteiger partial charge in [0.2, 0.25) is 0 Å². The van der Waals surface area contributed by atoms with Gasteiger partial charge in [-0.1, -0.05) is 43.1 Å². The number of hydrogen-bond donors (Lipinski definition) is 1. The molecule has 94 valence electrons. The van der Waals surface area contributed by atoms with Gasteiger partial charge in [0.05, 0.1) is 10.0 Å². The van der Waals surface area contributed by atoms with Gasteiger partial charge in [0.25, 0.3) is 0 Å². The molecule has 0 aliphatic rings. The zero-order chi connectivity index (χ0) is 13.4. The Labute approximate surface area is 112 Å². The van der Waals surface area contributed by atoms with Crippen molar-refractivity contribution in [1.82, 2.24) is 0 Å². The summed E-state index contributed by atoms with van der Waals surface area (Å²) in [5, 5.41) is 0.666. The Morgan fingerprint density at radius 3 is 2.18 bits per heavy atom.